The van der Waals surface area contributed by atoms with Crippen LogP contribution in [0.4, 0.5) is 13.2 Å². The Bertz CT molecular complexity index is 653. The van der Waals surface area contributed by atoms with E-state index in [1.54, 1.807) is 18.2 Å². The Morgan fingerprint density at radius 3 is 2.75 bits per heavy atom. The molecule has 1 aromatic carbocycles. The zero-order chi connectivity index (χ0) is 14.8. The van der Waals surface area contributed by atoms with E-state index in [1.807, 2.05) is 13.0 Å². The van der Waals surface area contributed by atoms with Gasteiger partial charge in [-0.25, -0.2) is 4.68 Å². The maximum absolute atomic E-state index is 12.9. The Morgan fingerprint density at radius 2 is 2.15 bits per heavy atom. The SMILES string of the molecule is C#CCOc1c(C(F)(F)F)cnn1-c1cccc(C)c1. The average Bonchev–Trinajstić information content (AvgIpc) is 2.79. The van der Waals surface area contributed by atoms with Gasteiger partial charge in [-0.05, 0) is 24.6 Å². The molecule has 0 atom stereocenters. The minimum atomic E-state index is -4.55. The van der Waals surface area contributed by atoms with Crippen molar-refractivity contribution in [2.45, 2.75) is 13.1 Å². The number of rotatable bonds is 3. The average molecular weight is 280 g/mol. The van der Waals surface area contributed by atoms with Gasteiger partial charge in [-0.1, -0.05) is 18.1 Å². The molecule has 6 heteroatoms. The van der Waals surface area contributed by atoms with E-state index in [2.05, 4.69) is 11.0 Å². The third kappa shape index (κ3) is 2.77. The number of aryl methyl sites for hydroxylation is 1. The molecule has 0 saturated carbocycles. The lowest BCUT2D eigenvalue weighted by atomic mass is 10.2. The van der Waals surface area contributed by atoms with Crippen LogP contribution in [0.2, 0.25) is 0 Å². The summed E-state index contributed by atoms with van der Waals surface area (Å²) in [7, 11) is 0. The lowest BCUT2D eigenvalue weighted by molar-refractivity contribution is -0.138. The Hall–Kier alpha value is -2.42. The van der Waals surface area contributed by atoms with Crippen LogP contribution in [0, 0.1) is 19.3 Å². The fourth-order valence-corrected chi connectivity index (χ4v) is 1.72. The fraction of sp³-hybridized carbons (Fsp3) is 0.214. The van der Waals surface area contributed by atoms with Gasteiger partial charge in [0.2, 0.25) is 5.88 Å². The van der Waals surface area contributed by atoms with Gasteiger partial charge in [-0.15, -0.1) is 6.42 Å². The summed E-state index contributed by atoms with van der Waals surface area (Å²) >= 11 is 0. The summed E-state index contributed by atoms with van der Waals surface area (Å²) in [5, 5.41) is 3.75. The number of benzene rings is 1. The molecular formula is C14H11F3N2O. The second-order valence-electron chi connectivity index (χ2n) is 4.10. The van der Waals surface area contributed by atoms with E-state index in [-0.39, 0.29) is 6.61 Å². The second-order valence-corrected chi connectivity index (χ2v) is 4.10. The van der Waals surface area contributed by atoms with Crippen molar-refractivity contribution in [3.05, 3.63) is 41.6 Å². The van der Waals surface area contributed by atoms with Gasteiger partial charge >= 0.3 is 6.18 Å². The first-order chi connectivity index (χ1) is 9.43. The molecule has 0 aliphatic heterocycles. The highest BCUT2D eigenvalue weighted by molar-refractivity contribution is 5.41. The van der Waals surface area contributed by atoms with Crippen molar-refractivity contribution in [1.82, 2.24) is 9.78 Å². The Kier molecular flexibility index (Phi) is 3.70. The summed E-state index contributed by atoms with van der Waals surface area (Å²) in [6.45, 7) is 1.57. The molecular weight excluding hydrogens is 269 g/mol. The molecule has 0 amide bonds. The lowest BCUT2D eigenvalue weighted by Gasteiger charge is -2.11. The predicted molar refractivity (Wildman–Crippen MR) is 67.6 cm³/mol. The van der Waals surface area contributed by atoms with Crippen LogP contribution in [0.5, 0.6) is 5.88 Å². The number of halogens is 3. The zero-order valence-electron chi connectivity index (χ0n) is 10.6. The first-order valence-corrected chi connectivity index (χ1v) is 5.72. The summed E-state index contributed by atoms with van der Waals surface area (Å²) in [5.41, 5.74) is 0.427. The van der Waals surface area contributed by atoms with Crippen LogP contribution in [0.3, 0.4) is 0 Å². The fourth-order valence-electron chi connectivity index (χ4n) is 1.72. The molecule has 2 aromatic rings. The summed E-state index contributed by atoms with van der Waals surface area (Å²) < 4.78 is 44.8. The van der Waals surface area contributed by atoms with Crippen LogP contribution in [-0.2, 0) is 6.18 Å². The van der Waals surface area contributed by atoms with Gasteiger partial charge in [-0.2, -0.15) is 18.3 Å². The molecule has 0 N–H and O–H groups in total. The minimum Gasteiger partial charge on any atom is -0.464 e. The van der Waals surface area contributed by atoms with Crippen LogP contribution in [0.15, 0.2) is 30.5 Å². The smallest absolute Gasteiger partial charge is 0.423 e. The Labute approximate surface area is 114 Å². The number of hydrogen-bond acceptors (Lipinski definition) is 2. The molecule has 0 saturated heterocycles. The van der Waals surface area contributed by atoms with Crippen molar-refractivity contribution in [3.63, 3.8) is 0 Å². The van der Waals surface area contributed by atoms with E-state index in [0.29, 0.717) is 5.69 Å². The molecule has 1 aromatic heterocycles. The van der Waals surface area contributed by atoms with Crippen molar-refractivity contribution in [2.24, 2.45) is 0 Å². The molecule has 0 spiro atoms. The van der Waals surface area contributed by atoms with Gasteiger partial charge in [0.1, 0.15) is 5.56 Å². The number of nitrogens with zero attached hydrogens (tertiary/aromatic N) is 2. The molecule has 2 rings (SSSR count). The predicted octanol–water partition coefficient (Wildman–Crippen LogP) is 3.21. The van der Waals surface area contributed by atoms with E-state index < -0.39 is 17.6 Å². The second kappa shape index (κ2) is 5.29. The summed E-state index contributed by atoms with van der Waals surface area (Å²) in [4.78, 5) is 0. The first-order valence-electron chi connectivity index (χ1n) is 5.72. The molecule has 0 bridgehead atoms. The molecule has 1 heterocycles. The molecule has 0 aliphatic rings. The highest BCUT2D eigenvalue weighted by Crippen LogP contribution is 2.37. The van der Waals surface area contributed by atoms with Crippen molar-refractivity contribution in [1.29, 1.82) is 0 Å². The highest BCUT2D eigenvalue weighted by atomic mass is 19.4. The van der Waals surface area contributed by atoms with E-state index in [0.717, 1.165) is 16.4 Å². The highest BCUT2D eigenvalue weighted by Gasteiger charge is 2.37. The van der Waals surface area contributed by atoms with Gasteiger partial charge in [0.05, 0.1) is 11.9 Å². The Morgan fingerprint density at radius 1 is 1.40 bits per heavy atom. The number of terminal acetylenes is 1. The largest absolute Gasteiger partial charge is 0.464 e. The van der Waals surface area contributed by atoms with E-state index >= 15 is 0 Å². The van der Waals surface area contributed by atoms with Crippen molar-refractivity contribution in [2.75, 3.05) is 6.61 Å². The van der Waals surface area contributed by atoms with Crippen LogP contribution in [0.1, 0.15) is 11.1 Å². The molecule has 0 radical (unpaired) electrons. The van der Waals surface area contributed by atoms with Gasteiger partial charge in [-0.3, -0.25) is 0 Å². The van der Waals surface area contributed by atoms with E-state index in [4.69, 9.17) is 11.2 Å². The molecule has 3 nitrogen and oxygen atoms in total. The number of hydrogen-bond donors (Lipinski definition) is 0. The first kappa shape index (κ1) is 14.0. The van der Waals surface area contributed by atoms with Crippen LogP contribution >= 0.6 is 0 Å². The van der Waals surface area contributed by atoms with Crippen LogP contribution in [0.25, 0.3) is 5.69 Å². The summed E-state index contributed by atoms with van der Waals surface area (Å²) in [5.74, 6) is 1.74. The summed E-state index contributed by atoms with van der Waals surface area (Å²) in [6, 6.07) is 6.91. The van der Waals surface area contributed by atoms with Crippen LogP contribution < -0.4 is 4.74 Å². The molecule has 20 heavy (non-hydrogen) atoms. The number of aromatic nitrogens is 2. The maximum Gasteiger partial charge on any atom is 0.423 e. The molecule has 0 aliphatic carbocycles. The molecule has 104 valence electrons. The monoisotopic (exact) mass is 280 g/mol. The van der Waals surface area contributed by atoms with Gasteiger partial charge in [0.25, 0.3) is 0 Å². The van der Waals surface area contributed by atoms with Crippen LogP contribution in [-0.4, -0.2) is 16.4 Å². The standard InChI is InChI=1S/C14H11F3N2O/c1-3-7-20-13-12(14(15,16)17)9-18-19(13)11-6-4-5-10(2)8-11/h1,4-6,8-9H,7H2,2H3. The third-order valence-corrected chi connectivity index (χ3v) is 2.57. The topological polar surface area (TPSA) is 27.1 Å². The lowest BCUT2D eigenvalue weighted by Crippen LogP contribution is -2.10. The maximum atomic E-state index is 12.9. The molecule has 0 fully saturated rings. The summed E-state index contributed by atoms with van der Waals surface area (Å²) in [6.07, 6.45) is 1.21. The number of alkyl halides is 3. The molecule has 0 unspecified atom stereocenters. The minimum absolute atomic E-state index is 0.263. The number of ether oxygens (including phenoxy) is 1. The normalized spacial score (nSPS) is 11.2. The Balaban J connectivity index is 2.54. The third-order valence-electron chi connectivity index (χ3n) is 2.57. The van der Waals surface area contributed by atoms with Gasteiger partial charge in [0.15, 0.2) is 6.61 Å². The quantitative estimate of drug-likeness (QED) is 0.807. The van der Waals surface area contributed by atoms with Gasteiger partial charge < -0.3 is 4.74 Å². The van der Waals surface area contributed by atoms with Crippen molar-refractivity contribution >= 4 is 0 Å². The zero-order valence-corrected chi connectivity index (χ0v) is 10.6. The van der Waals surface area contributed by atoms with Crippen molar-refractivity contribution in [3.8, 4) is 23.9 Å². The van der Waals surface area contributed by atoms with E-state index in [1.165, 1.54) is 0 Å². The van der Waals surface area contributed by atoms with Gasteiger partial charge in [0, 0.05) is 0 Å². The van der Waals surface area contributed by atoms with E-state index in [9.17, 15) is 13.2 Å². The van der Waals surface area contributed by atoms with Crippen molar-refractivity contribution < 1.29 is 17.9 Å².